The molecule has 1 aromatic heterocycles. The van der Waals surface area contributed by atoms with Crippen LogP contribution in [0.4, 0.5) is 5.69 Å². The minimum atomic E-state index is -0.109. The Hall–Kier alpha value is -2.63. The number of carbonyl (C=O) groups is 1. The first-order chi connectivity index (χ1) is 15.1. The molecule has 0 radical (unpaired) electrons. The van der Waals surface area contributed by atoms with Gasteiger partial charge in [-0.3, -0.25) is 9.69 Å². The number of hydrogen-bond acceptors (Lipinski definition) is 3. The number of aromatic nitrogens is 2. The minimum absolute atomic E-state index is 0. The number of anilines is 1. The standard InChI is InChI=1S/C26H30N4O.ClH/c1-18-6-3-4-9-25(18)30-19(2)24(17-27-30)26(31)28-22-11-10-20-12-14-29(23-7-5-8-23)15-13-21(20)16-22;/h3-4,6,9-11,16-17,23H,5,7-8,12-15H2,1-2H3,(H,28,31);1H. The van der Waals surface area contributed by atoms with Gasteiger partial charge in [0.05, 0.1) is 23.1 Å². The number of para-hydroxylation sites is 1. The minimum Gasteiger partial charge on any atom is -0.322 e. The third-order valence-corrected chi connectivity index (χ3v) is 6.99. The van der Waals surface area contributed by atoms with Gasteiger partial charge in [0.15, 0.2) is 0 Å². The topological polar surface area (TPSA) is 50.2 Å². The summed E-state index contributed by atoms with van der Waals surface area (Å²) in [7, 11) is 0. The van der Waals surface area contributed by atoms with E-state index in [1.807, 2.05) is 35.9 Å². The van der Waals surface area contributed by atoms with Crippen LogP contribution in [-0.4, -0.2) is 39.7 Å². The smallest absolute Gasteiger partial charge is 0.259 e. The Balaban J connectivity index is 0.00000245. The molecule has 1 aliphatic carbocycles. The van der Waals surface area contributed by atoms with Gasteiger partial charge in [-0.25, -0.2) is 4.68 Å². The summed E-state index contributed by atoms with van der Waals surface area (Å²) < 4.78 is 1.84. The molecular weight excluding hydrogens is 420 g/mol. The summed E-state index contributed by atoms with van der Waals surface area (Å²) in [4.78, 5) is 15.7. The molecule has 3 aromatic rings. The van der Waals surface area contributed by atoms with Crippen LogP contribution in [0.15, 0.2) is 48.7 Å². The van der Waals surface area contributed by atoms with Crippen molar-refractivity contribution in [2.24, 2.45) is 0 Å². The second-order valence-corrected chi connectivity index (χ2v) is 8.90. The maximum atomic E-state index is 13.0. The van der Waals surface area contributed by atoms with Gasteiger partial charge in [-0.1, -0.05) is 30.7 Å². The van der Waals surface area contributed by atoms with E-state index in [1.54, 1.807) is 6.20 Å². The van der Waals surface area contributed by atoms with E-state index >= 15 is 0 Å². The number of amides is 1. The summed E-state index contributed by atoms with van der Waals surface area (Å²) in [6.07, 6.45) is 7.91. The van der Waals surface area contributed by atoms with E-state index in [2.05, 4.69) is 40.4 Å². The Morgan fingerprint density at radius 1 is 1.03 bits per heavy atom. The fraction of sp³-hybridized carbons (Fsp3) is 0.385. The number of benzene rings is 2. The van der Waals surface area contributed by atoms with Crippen LogP contribution in [0, 0.1) is 13.8 Å². The number of hydrogen-bond donors (Lipinski definition) is 1. The van der Waals surface area contributed by atoms with Gasteiger partial charge in [-0.05, 0) is 74.4 Å². The quantitative estimate of drug-likeness (QED) is 0.600. The Morgan fingerprint density at radius 3 is 2.50 bits per heavy atom. The Morgan fingerprint density at radius 2 is 1.78 bits per heavy atom. The molecule has 0 saturated heterocycles. The summed E-state index contributed by atoms with van der Waals surface area (Å²) in [6, 6.07) is 15.3. The first-order valence-electron chi connectivity index (χ1n) is 11.4. The predicted octanol–water partition coefficient (Wildman–Crippen LogP) is 5.12. The first-order valence-corrected chi connectivity index (χ1v) is 11.4. The highest BCUT2D eigenvalue weighted by molar-refractivity contribution is 6.05. The highest BCUT2D eigenvalue weighted by Gasteiger charge is 2.26. The number of fused-ring (bicyclic) bond motifs is 1. The van der Waals surface area contributed by atoms with Gasteiger partial charge in [0.1, 0.15) is 0 Å². The van der Waals surface area contributed by atoms with E-state index in [4.69, 9.17) is 0 Å². The molecule has 6 heteroatoms. The summed E-state index contributed by atoms with van der Waals surface area (Å²) in [5, 5.41) is 7.58. The second kappa shape index (κ2) is 9.47. The summed E-state index contributed by atoms with van der Waals surface area (Å²) in [6.45, 7) is 6.27. The molecule has 1 fully saturated rings. The predicted molar refractivity (Wildman–Crippen MR) is 131 cm³/mol. The van der Waals surface area contributed by atoms with E-state index < -0.39 is 0 Å². The van der Waals surface area contributed by atoms with Crippen molar-refractivity contribution in [2.75, 3.05) is 18.4 Å². The molecule has 32 heavy (non-hydrogen) atoms. The molecule has 2 aliphatic rings. The van der Waals surface area contributed by atoms with Gasteiger partial charge < -0.3 is 5.32 Å². The molecule has 1 aliphatic heterocycles. The Kier molecular flexibility index (Phi) is 6.68. The summed E-state index contributed by atoms with van der Waals surface area (Å²) >= 11 is 0. The van der Waals surface area contributed by atoms with Crippen LogP contribution in [0.2, 0.25) is 0 Å². The zero-order chi connectivity index (χ0) is 21.4. The highest BCUT2D eigenvalue weighted by atomic mass is 35.5. The first kappa shape index (κ1) is 22.6. The van der Waals surface area contributed by atoms with Crippen LogP contribution in [0.25, 0.3) is 5.69 Å². The zero-order valence-corrected chi connectivity index (χ0v) is 19.6. The lowest BCUT2D eigenvalue weighted by Gasteiger charge is -2.36. The molecule has 0 unspecified atom stereocenters. The van der Waals surface area contributed by atoms with E-state index in [9.17, 15) is 4.79 Å². The SMILES string of the molecule is Cc1ccccc1-n1ncc(C(=O)Nc2ccc3c(c2)CCN(C2CCC2)CC3)c1C.Cl. The third-order valence-electron chi connectivity index (χ3n) is 6.99. The molecule has 0 bridgehead atoms. The largest absolute Gasteiger partial charge is 0.322 e. The van der Waals surface area contributed by atoms with Crippen molar-refractivity contribution in [3.05, 3.63) is 76.6 Å². The lowest BCUT2D eigenvalue weighted by molar-refractivity contribution is 0.102. The number of nitrogens with one attached hydrogen (secondary N) is 1. The Labute approximate surface area is 196 Å². The highest BCUT2D eigenvalue weighted by Crippen LogP contribution is 2.28. The number of halogens is 1. The van der Waals surface area contributed by atoms with Crippen molar-refractivity contribution in [3.63, 3.8) is 0 Å². The molecule has 0 atom stereocenters. The maximum absolute atomic E-state index is 13.0. The molecule has 5 nitrogen and oxygen atoms in total. The third kappa shape index (κ3) is 4.32. The van der Waals surface area contributed by atoms with Crippen molar-refractivity contribution in [3.8, 4) is 5.69 Å². The van der Waals surface area contributed by atoms with Crippen molar-refractivity contribution in [1.29, 1.82) is 0 Å². The van der Waals surface area contributed by atoms with Gasteiger partial charge in [0.25, 0.3) is 5.91 Å². The van der Waals surface area contributed by atoms with Crippen molar-refractivity contribution >= 4 is 24.0 Å². The van der Waals surface area contributed by atoms with Gasteiger partial charge in [-0.2, -0.15) is 5.10 Å². The molecule has 0 spiro atoms. The number of rotatable bonds is 4. The molecule has 1 N–H and O–H groups in total. The van der Waals surface area contributed by atoms with E-state index in [0.29, 0.717) is 5.56 Å². The molecule has 168 valence electrons. The number of carbonyl (C=O) groups excluding carboxylic acids is 1. The lowest BCUT2D eigenvalue weighted by Crippen LogP contribution is -2.41. The normalized spacial score (nSPS) is 16.4. The Bertz CT molecular complexity index is 1120. The summed E-state index contributed by atoms with van der Waals surface area (Å²) in [5.41, 5.74) is 7.23. The van der Waals surface area contributed by atoms with Gasteiger partial charge in [0.2, 0.25) is 0 Å². The zero-order valence-electron chi connectivity index (χ0n) is 18.8. The molecule has 2 aromatic carbocycles. The molecule has 1 saturated carbocycles. The van der Waals surface area contributed by atoms with Crippen LogP contribution in [0.3, 0.4) is 0 Å². The number of aryl methyl sites for hydroxylation is 1. The molecule has 1 amide bonds. The van der Waals surface area contributed by atoms with E-state index in [-0.39, 0.29) is 18.3 Å². The second-order valence-electron chi connectivity index (χ2n) is 8.90. The molecular formula is C26H31ClN4O. The van der Waals surface area contributed by atoms with Gasteiger partial charge in [-0.15, -0.1) is 12.4 Å². The van der Waals surface area contributed by atoms with Crippen molar-refractivity contribution in [1.82, 2.24) is 14.7 Å². The molecule has 2 heterocycles. The van der Waals surface area contributed by atoms with Crippen LogP contribution in [0.5, 0.6) is 0 Å². The molecule has 5 rings (SSSR count). The van der Waals surface area contributed by atoms with E-state index in [0.717, 1.165) is 54.6 Å². The van der Waals surface area contributed by atoms with Crippen LogP contribution >= 0.6 is 12.4 Å². The monoisotopic (exact) mass is 450 g/mol. The van der Waals surface area contributed by atoms with Crippen molar-refractivity contribution in [2.45, 2.75) is 52.0 Å². The lowest BCUT2D eigenvalue weighted by atomic mass is 9.91. The van der Waals surface area contributed by atoms with Gasteiger partial charge in [0, 0.05) is 24.8 Å². The van der Waals surface area contributed by atoms with Gasteiger partial charge >= 0.3 is 0 Å². The van der Waals surface area contributed by atoms with Crippen LogP contribution in [0.1, 0.15) is 52.0 Å². The van der Waals surface area contributed by atoms with Crippen molar-refractivity contribution < 1.29 is 4.79 Å². The maximum Gasteiger partial charge on any atom is 0.259 e. The number of nitrogens with zero attached hydrogens (tertiary/aromatic N) is 3. The average Bonchev–Trinajstić information content (AvgIpc) is 2.98. The average molecular weight is 451 g/mol. The van der Waals surface area contributed by atoms with Crippen LogP contribution < -0.4 is 5.32 Å². The van der Waals surface area contributed by atoms with E-state index in [1.165, 1.54) is 30.4 Å². The van der Waals surface area contributed by atoms with Crippen LogP contribution in [-0.2, 0) is 12.8 Å². The summed E-state index contributed by atoms with van der Waals surface area (Å²) in [5.74, 6) is -0.109. The fourth-order valence-electron chi connectivity index (χ4n) is 4.81. The fourth-order valence-corrected chi connectivity index (χ4v) is 4.81.